The van der Waals surface area contributed by atoms with Crippen molar-refractivity contribution in [1.29, 1.82) is 0 Å². The van der Waals surface area contributed by atoms with Gasteiger partial charge in [0, 0.05) is 12.1 Å². The van der Waals surface area contributed by atoms with Crippen LogP contribution in [-0.4, -0.2) is 50.7 Å². The van der Waals surface area contributed by atoms with Gasteiger partial charge in [-0.3, -0.25) is 14.5 Å². The first-order valence-electron chi connectivity index (χ1n) is 14.8. The van der Waals surface area contributed by atoms with Crippen molar-refractivity contribution < 1.29 is 18.0 Å². The van der Waals surface area contributed by atoms with Crippen molar-refractivity contribution >= 4 is 33.9 Å². The van der Waals surface area contributed by atoms with Gasteiger partial charge >= 0.3 is 0 Å². The van der Waals surface area contributed by atoms with Crippen LogP contribution in [0.4, 0.5) is 0 Å². The van der Waals surface area contributed by atoms with Crippen LogP contribution in [-0.2, 0) is 21.4 Å². The third kappa shape index (κ3) is 9.21. The Morgan fingerprint density at radius 3 is 2.29 bits per heavy atom. The number of likely N-dealkylation sites (tertiary alicyclic amines) is 1. The summed E-state index contributed by atoms with van der Waals surface area (Å²) in [5, 5.41) is 2.87. The summed E-state index contributed by atoms with van der Waals surface area (Å²) in [6.07, 6.45) is 9.74. The Balaban J connectivity index is 1.40. The van der Waals surface area contributed by atoms with Gasteiger partial charge in [-0.15, -0.1) is 0 Å². The van der Waals surface area contributed by atoms with Gasteiger partial charge in [0.25, 0.3) is 5.91 Å². The zero-order valence-electron chi connectivity index (χ0n) is 24.3. The number of nitrogens with zero attached hydrogens (tertiary/aromatic N) is 1. The second-order valence-corrected chi connectivity index (χ2v) is 12.5. The average Bonchev–Trinajstić information content (AvgIpc) is 3.02. The highest BCUT2D eigenvalue weighted by Crippen LogP contribution is 2.17. The van der Waals surface area contributed by atoms with Gasteiger partial charge in [0.15, 0.2) is 5.78 Å². The number of ketones is 1. The topological polar surface area (TPSA) is 95.6 Å². The number of Topliss-reactive ketones (excluding diaryl/α,β-unsaturated/α-hetero) is 1. The number of amides is 1. The largest absolute Gasteiger partial charge is 0.342 e. The molecule has 1 amide bonds. The summed E-state index contributed by atoms with van der Waals surface area (Å²) in [5.74, 6) is -0.749. The van der Waals surface area contributed by atoms with Crippen LogP contribution in [0.1, 0.15) is 72.5 Å². The molecule has 1 heterocycles. The van der Waals surface area contributed by atoms with Crippen molar-refractivity contribution in [2.75, 3.05) is 19.6 Å². The van der Waals surface area contributed by atoms with E-state index in [1.165, 1.54) is 37.0 Å². The molecule has 0 saturated carbocycles. The molecule has 0 radical (unpaired) electrons. The number of hydrogen-bond donors (Lipinski definition) is 2. The number of hydrogen-bond acceptors (Lipinski definition) is 5. The quantitative estimate of drug-likeness (QED) is 0.237. The van der Waals surface area contributed by atoms with Crippen molar-refractivity contribution in [3.63, 3.8) is 0 Å². The molecule has 1 saturated heterocycles. The van der Waals surface area contributed by atoms with Crippen LogP contribution in [0, 0.1) is 0 Å². The number of carbonyl (C=O) groups excluding carboxylic acids is 2. The van der Waals surface area contributed by atoms with E-state index >= 15 is 0 Å². The van der Waals surface area contributed by atoms with E-state index in [0.29, 0.717) is 12.0 Å². The van der Waals surface area contributed by atoms with E-state index in [9.17, 15) is 18.0 Å². The second kappa shape index (κ2) is 15.6. The van der Waals surface area contributed by atoms with Crippen LogP contribution in [0.3, 0.4) is 0 Å². The number of carbonyl (C=O) groups is 2. The van der Waals surface area contributed by atoms with Crippen molar-refractivity contribution in [3.05, 3.63) is 101 Å². The Kier molecular flexibility index (Phi) is 11.6. The lowest BCUT2D eigenvalue weighted by Crippen LogP contribution is -2.45. The highest BCUT2D eigenvalue weighted by molar-refractivity contribution is 7.89. The van der Waals surface area contributed by atoms with E-state index in [2.05, 4.69) is 39.2 Å². The van der Waals surface area contributed by atoms with E-state index in [1.54, 1.807) is 30.3 Å². The summed E-state index contributed by atoms with van der Waals surface area (Å²) in [6, 6.07) is 22.9. The highest BCUT2D eigenvalue weighted by Gasteiger charge is 2.24. The Morgan fingerprint density at radius 1 is 0.881 bits per heavy atom. The van der Waals surface area contributed by atoms with Crippen molar-refractivity contribution in [2.45, 2.75) is 62.9 Å². The van der Waals surface area contributed by atoms with Crippen LogP contribution in [0.25, 0.3) is 12.2 Å². The van der Waals surface area contributed by atoms with Crippen molar-refractivity contribution in [2.24, 2.45) is 0 Å². The molecule has 1 aliphatic heterocycles. The minimum absolute atomic E-state index is 0.0873. The molecular formula is C34H41N3O4S. The number of benzene rings is 3. The maximum Gasteiger partial charge on any atom is 0.252 e. The molecule has 8 heteroatoms. The van der Waals surface area contributed by atoms with Gasteiger partial charge in [-0.1, -0.05) is 99.0 Å². The Labute approximate surface area is 250 Å². The van der Waals surface area contributed by atoms with Gasteiger partial charge in [-0.05, 0) is 67.2 Å². The van der Waals surface area contributed by atoms with E-state index < -0.39 is 22.6 Å². The highest BCUT2D eigenvalue weighted by atomic mass is 32.2. The number of nitrogens with one attached hydrogen (secondary N) is 2. The maximum absolute atomic E-state index is 13.4. The van der Waals surface area contributed by atoms with E-state index in [0.717, 1.165) is 43.6 Å². The summed E-state index contributed by atoms with van der Waals surface area (Å²) in [6.45, 7) is 4.89. The lowest BCUT2D eigenvalue weighted by Gasteiger charge is -2.26. The molecule has 0 aromatic heterocycles. The van der Waals surface area contributed by atoms with Crippen LogP contribution in [0.15, 0.2) is 83.8 Å². The normalized spacial score (nSPS) is 15.0. The molecule has 4 rings (SSSR count). The molecule has 2 N–H and O–H groups in total. The van der Waals surface area contributed by atoms with Gasteiger partial charge < -0.3 is 5.32 Å². The minimum atomic E-state index is -3.84. The number of unbranched alkanes of at least 4 members (excludes halogenated alkanes) is 1. The zero-order chi connectivity index (χ0) is 29.8. The molecule has 7 nitrogen and oxygen atoms in total. The summed E-state index contributed by atoms with van der Waals surface area (Å²) in [7, 11) is -3.84. The lowest BCUT2D eigenvalue weighted by molar-refractivity contribution is -0.120. The third-order valence-electron chi connectivity index (χ3n) is 7.53. The predicted octanol–water partition coefficient (Wildman–Crippen LogP) is 5.68. The first kappa shape index (κ1) is 31.3. The molecule has 1 fully saturated rings. The van der Waals surface area contributed by atoms with Crippen LogP contribution in [0.5, 0.6) is 0 Å². The molecule has 0 spiro atoms. The smallest absolute Gasteiger partial charge is 0.252 e. The van der Waals surface area contributed by atoms with Crippen LogP contribution < -0.4 is 10.0 Å². The van der Waals surface area contributed by atoms with Gasteiger partial charge in [0.1, 0.15) is 0 Å². The van der Waals surface area contributed by atoms with Gasteiger partial charge in [0.05, 0.1) is 17.5 Å². The van der Waals surface area contributed by atoms with Gasteiger partial charge in [-0.25, -0.2) is 13.1 Å². The summed E-state index contributed by atoms with van der Waals surface area (Å²) in [4.78, 5) is 29.0. The van der Waals surface area contributed by atoms with E-state index in [4.69, 9.17) is 0 Å². The monoisotopic (exact) mass is 587 g/mol. The van der Waals surface area contributed by atoms with E-state index in [1.807, 2.05) is 31.2 Å². The molecule has 0 aliphatic carbocycles. The first-order valence-corrected chi connectivity index (χ1v) is 16.3. The van der Waals surface area contributed by atoms with E-state index in [-0.39, 0.29) is 16.6 Å². The fourth-order valence-electron chi connectivity index (χ4n) is 5.08. The third-order valence-corrected chi connectivity index (χ3v) is 8.94. The minimum Gasteiger partial charge on any atom is -0.342 e. The zero-order valence-corrected chi connectivity index (χ0v) is 25.1. The Bertz CT molecular complexity index is 1450. The average molecular weight is 588 g/mol. The fourth-order valence-corrected chi connectivity index (χ4v) is 6.09. The Hall–Kier alpha value is -3.59. The molecule has 1 unspecified atom stereocenters. The molecule has 3 aromatic rings. The number of sulfonamides is 1. The van der Waals surface area contributed by atoms with Gasteiger partial charge in [-0.2, -0.15) is 0 Å². The SMILES string of the molecule is CCCCC(NC(=O)c1ccccc1C=Cc1ccc(CN2CCCCC2)cc1)C(=O)CNS(=O)(=O)c1ccccc1. The standard InChI is InChI=1S/C34H41N3O4S/c1-2-3-16-32(33(38)25-35-42(40,41)30-13-6-4-7-14-30)36-34(39)31-15-9-8-12-29(31)22-21-27-17-19-28(20-18-27)26-37-23-10-5-11-24-37/h4,6-9,12-15,17-22,32,35H,2-3,5,10-11,16,23-26H2,1H3,(H,36,39). The lowest BCUT2D eigenvalue weighted by atomic mass is 10.0. The predicted molar refractivity (Wildman–Crippen MR) is 168 cm³/mol. The van der Waals surface area contributed by atoms with Gasteiger partial charge in [0.2, 0.25) is 10.0 Å². The van der Waals surface area contributed by atoms with Crippen LogP contribution in [0.2, 0.25) is 0 Å². The molecule has 222 valence electrons. The van der Waals surface area contributed by atoms with Crippen molar-refractivity contribution in [1.82, 2.24) is 14.9 Å². The molecule has 42 heavy (non-hydrogen) atoms. The van der Waals surface area contributed by atoms with Crippen LogP contribution >= 0.6 is 0 Å². The fraction of sp³-hybridized carbons (Fsp3) is 0.353. The molecule has 1 atom stereocenters. The summed E-state index contributed by atoms with van der Waals surface area (Å²) in [5.41, 5.74) is 3.52. The number of rotatable bonds is 14. The molecule has 3 aromatic carbocycles. The molecule has 1 aliphatic rings. The summed E-state index contributed by atoms with van der Waals surface area (Å²) >= 11 is 0. The Morgan fingerprint density at radius 2 is 1.57 bits per heavy atom. The first-order chi connectivity index (χ1) is 20.4. The number of piperidine rings is 1. The molecular weight excluding hydrogens is 546 g/mol. The van der Waals surface area contributed by atoms with Crippen molar-refractivity contribution in [3.8, 4) is 0 Å². The second-order valence-electron chi connectivity index (χ2n) is 10.8. The molecule has 0 bridgehead atoms. The maximum atomic E-state index is 13.4. The summed E-state index contributed by atoms with van der Waals surface area (Å²) < 4.78 is 27.6.